The van der Waals surface area contributed by atoms with E-state index in [0.29, 0.717) is 18.0 Å². The Balaban J connectivity index is 1.97. The highest BCUT2D eigenvalue weighted by molar-refractivity contribution is 5.75. The molecule has 2 saturated heterocycles. The molecule has 17 heavy (non-hydrogen) atoms. The summed E-state index contributed by atoms with van der Waals surface area (Å²) in [6.45, 7) is 7.37. The second-order valence-electron chi connectivity index (χ2n) is 5.73. The first-order chi connectivity index (χ1) is 8.22. The van der Waals surface area contributed by atoms with Gasteiger partial charge in [0.25, 0.3) is 0 Å². The van der Waals surface area contributed by atoms with Crippen LogP contribution in [0.1, 0.15) is 52.4 Å². The number of nitrogens with zero attached hydrogens (tertiary/aromatic N) is 2. The molecule has 3 heteroatoms. The molecule has 2 aliphatic rings. The van der Waals surface area contributed by atoms with E-state index < -0.39 is 0 Å². The number of piperidine rings is 2. The van der Waals surface area contributed by atoms with Crippen LogP contribution >= 0.6 is 0 Å². The third kappa shape index (κ3) is 2.93. The second kappa shape index (κ2) is 5.74. The number of rotatable bonds is 1. The average Bonchev–Trinajstić information content (AvgIpc) is 2.38. The molecule has 2 fully saturated rings. The molecule has 98 valence electrons. The van der Waals surface area contributed by atoms with Crippen molar-refractivity contribution in [1.29, 1.82) is 0 Å². The fraction of sp³-hybridized carbons (Fsp3) is 0.929. The van der Waals surface area contributed by atoms with Crippen LogP contribution < -0.4 is 0 Å². The lowest BCUT2D eigenvalue weighted by Gasteiger charge is -2.41. The number of likely N-dealkylation sites (tertiary alicyclic amines) is 2. The van der Waals surface area contributed by atoms with Crippen molar-refractivity contribution in [3.63, 3.8) is 0 Å². The summed E-state index contributed by atoms with van der Waals surface area (Å²) in [6, 6.07) is 0.802. The van der Waals surface area contributed by atoms with Crippen LogP contribution in [0.15, 0.2) is 0 Å². The molecule has 0 aliphatic carbocycles. The minimum atomic E-state index is 0.308. The first-order valence-electron chi connectivity index (χ1n) is 7.28. The number of hydrogen-bond donors (Lipinski definition) is 0. The van der Waals surface area contributed by atoms with Gasteiger partial charge in [0, 0.05) is 25.7 Å². The maximum Gasteiger partial charge on any atom is 0.320 e. The van der Waals surface area contributed by atoms with Crippen molar-refractivity contribution in [1.82, 2.24) is 9.80 Å². The van der Waals surface area contributed by atoms with Gasteiger partial charge in [0.1, 0.15) is 0 Å². The van der Waals surface area contributed by atoms with Gasteiger partial charge in [-0.05, 0) is 44.4 Å². The van der Waals surface area contributed by atoms with Gasteiger partial charge in [0.15, 0.2) is 0 Å². The van der Waals surface area contributed by atoms with Crippen LogP contribution in [0.4, 0.5) is 4.79 Å². The maximum absolute atomic E-state index is 12.5. The van der Waals surface area contributed by atoms with Crippen LogP contribution in [0.3, 0.4) is 0 Å². The van der Waals surface area contributed by atoms with E-state index in [1.807, 2.05) is 0 Å². The molecule has 0 N–H and O–H groups in total. The molecular weight excluding hydrogens is 212 g/mol. The fourth-order valence-electron chi connectivity index (χ4n) is 3.22. The monoisotopic (exact) mass is 238 g/mol. The third-order valence-electron chi connectivity index (χ3n) is 4.27. The summed E-state index contributed by atoms with van der Waals surface area (Å²) < 4.78 is 0. The highest BCUT2D eigenvalue weighted by Crippen LogP contribution is 2.23. The number of hydrogen-bond acceptors (Lipinski definition) is 1. The summed E-state index contributed by atoms with van der Waals surface area (Å²) in [4.78, 5) is 16.7. The van der Waals surface area contributed by atoms with Crippen LogP contribution in [0.2, 0.25) is 0 Å². The van der Waals surface area contributed by atoms with Gasteiger partial charge in [0.2, 0.25) is 0 Å². The Morgan fingerprint density at radius 3 is 2.71 bits per heavy atom. The van der Waals surface area contributed by atoms with Crippen molar-refractivity contribution in [3.8, 4) is 0 Å². The summed E-state index contributed by atoms with van der Waals surface area (Å²) in [6.07, 6.45) is 7.24. The van der Waals surface area contributed by atoms with E-state index in [0.717, 1.165) is 26.1 Å². The molecule has 0 aromatic rings. The quantitative estimate of drug-likeness (QED) is 0.688. The fourth-order valence-corrected chi connectivity index (χ4v) is 3.22. The zero-order valence-corrected chi connectivity index (χ0v) is 11.3. The first-order valence-corrected chi connectivity index (χ1v) is 7.28. The van der Waals surface area contributed by atoms with E-state index in [1.165, 1.54) is 32.1 Å². The van der Waals surface area contributed by atoms with Crippen molar-refractivity contribution in [2.45, 2.75) is 58.4 Å². The smallest absolute Gasteiger partial charge is 0.320 e. The van der Waals surface area contributed by atoms with Crippen LogP contribution in [0.5, 0.6) is 0 Å². The molecule has 3 nitrogen and oxygen atoms in total. The summed E-state index contributed by atoms with van der Waals surface area (Å²) in [7, 11) is 0. The molecule has 0 saturated carbocycles. The Labute approximate surface area is 105 Å². The van der Waals surface area contributed by atoms with Crippen molar-refractivity contribution in [3.05, 3.63) is 0 Å². The molecule has 0 aromatic carbocycles. The Bertz CT molecular complexity index is 267. The molecule has 2 unspecified atom stereocenters. The van der Waals surface area contributed by atoms with E-state index in [9.17, 15) is 4.79 Å². The number of carbonyl (C=O) groups excluding carboxylic acids is 1. The number of amides is 2. The number of urea groups is 1. The predicted molar refractivity (Wildman–Crippen MR) is 70.0 cm³/mol. The topological polar surface area (TPSA) is 23.6 Å². The number of carbonyl (C=O) groups is 1. The molecule has 2 atom stereocenters. The van der Waals surface area contributed by atoms with E-state index >= 15 is 0 Å². The van der Waals surface area contributed by atoms with Gasteiger partial charge in [-0.3, -0.25) is 0 Å². The summed E-state index contributed by atoms with van der Waals surface area (Å²) in [5, 5.41) is 0. The first kappa shape index (κ1) is 12.7. The van der Waals surface area contributed by atoms with Gasteiger partial charge in [-0.1, -0.05) is 13.8 Å². The van der Waals surface area contributed by atoms with Gasteiger partial charge in [-0.25, -0.2) is 4.79 Å². The Hall–Kier alpha value is -0.730. The molecule has 2 heterocycles. The van der Waals surface area contributed by atoms with Gasteiger partial charge in [0.05, 0.1) is 0 Å². The predicted octanol–water partition coefficient (Wildman–Crippen LogP) is 3.10. The Morgan fingerprint density at radius 2 is 2.00 bits per heavy atom. The Morgan fingerprint density at radius 1 is 1.18 bits per heavy atom. The lowest BCUT2D eigenvalue weighted by molar-refractivity contribution is 0.0988. The van der Waals surface area contributed by atoms with Gasteiger partial charge in [-0.15, -0.1) is 0 Å². The molecule has 2 aliphatic heterocycles. The molecule has 2 amide bonds. The van der Waals surface area contributed by atoms with Gasteiger partial charge in [-0.2, -0.15) is 0 Å². The minimum absolute atomic E-state index is 0.308. The highest BCUT2D eigenvalue weighted by atomic mass is 16.2. The van der Waals surface area contributed by atoms with Crippen LogP contribution in [0, 0.1) is 5.92 Å². The maximum atomic E-state index is 12.5. The second-order valence-corrected chi connectivity index (χ2v) is 5.73. The zero-order chi connectivity index (χ0) is 12.3. The summed E-state index contributed by atoms with van der Waals surface area (Å²) in [5.74, 6) is 0.678. The van der Waals surface area contributed by atoms with Gasteiger partial charge >= 0.3 is 6.03 Å². The lowest BCUT2D eigenvalue weighted by atomic mass is 9.99. The van der Waals surface area contributed by atoms with Crippen molar-refractivity contribution < 1.29 is 4.79 Å². The molecule has 0 aromatic heterocycles. The standard InChI is InChI=1S/C14H26N2O/c1-3-13-8-4-5-10-16(13)14(17)15-9-6-7-12(2)11-15/h12-13H,3-11H2,1-2H3. The molecule has 0 bridgehead atoms. The lowest BCUT2D eigenvalue weighted by Crippen LogP contribution is -2.52. The van der Waals surface area contributed by atoms with Crippen molar-refractivity contribution >= 4 is 6.03 Å². The van der Waals surface area contributed by atoms with Crippen molar-refractivity contribution in [2.75, 3.05) is 19.6 Å². The van der Waals surface area contributed by atoms with E-state index in [-0.39, 0.29) is 0 Å². The normalized spacial score (nSPS) is 30.5. The van der Waals surface area contributed by atoms with E-state index in [1.54, 1.807) is 0 Å². The zero-order valence-electron chi connectivity index (χ0n) is 11.3. The largest absolute Gasteiger partial charge is 0.324 e. The Kier molecular flexibility index (Phi) is 4.30. The van der Waals surface area contributed by atoms with Crippen LogP contribution in [-0.2, 0) is 0 Å². The van der Waals surface area contributed by atoms with Gasteiger partial charge < -0.3 is 9.80 Å². The molecule has 0 radical (unpaired) electrons. The minimum Gasteiger partial charge on any atom is -0.324 e. The molecule has 0 spiro atoms. The van der Waals surface area contributed by atoms with Crippen LogP contribution in [-0.4, -0.2) is 41.5 Å². The average molecular weight is 238 g/mol. The van der Waals surface area contributed by atoms with Crippen molar-refractivity contribution in [2.24, 2.45) is 5.92 Å². The summed E-state index contributed by atoms with van der Waals surface area (Å²) in [5.41, 5.74) is 0. The third-order valence-corrected chi connectivity index (χ3v) is 4.27. The van der Waals surface area contributed by atoms with E-state index in [2.05, 4.69) is 23.6 Å². The SMILES string of the molecule is CCC1CCCCN1C(=O)N1CCCC(C)C1. The van der Waals surface area contributed by atoms with Crippen LogP contribution in [0.25, 0.3) is 0 Å². The molecular formula is C14H26N2O. The molecule has 2 rings (SSSR count). The highest BCUT2D eigenvalue weighted by Gasteiger charge is 2.30. The van der Waals surface area contributed by atoms with E-state index in [4.69, 9.17) is 0 Å². The summed E-state index contributed by atoms with van der Waals surface area (Å²) >= 11 is 0.